The van der Waals surface area contributed by atoms with Gasteiger partial charge in [0.2, 0.25) is 0 Å². The molecule has 1 spiro atoms. The van der Waals surface area contributed by atoms with Crippen LogP contribution in [0.25, 0.3) is 0 Å². The number of aliphatic hydroxyl groups is 1. The minimum atomic E-state index is -1.81. The minimum absolute atomic E-state index is 0.0309. The van der Waals surface area contributed by atoms with Crippen LogP contribution in [0, 0.1) is 11.3 Å². The lowest BCUT2D eigenvalue weighted by Crippen LogP contribution is -2.49. The molecule has 0 radical (unpaired) electrons. The van der Waals surface area contributed by atoms with Crippen molar-refractivity contribution >= 4 is 11.8 Å². The molecule has 2 bridgehead atoms. The van der Waals surface area contributed by atoms with E-state index >= 15 is 0 Å². The van der Waals surface area contributed by atoms with Crippen LogP contribution in [0.1, 0.15) is 32.6 Å². The predicted molar refractivity (Wildman–Crippen MR) is 65.5 cm³/mol. The fourth-order valence-electron chi connectivity index (χ4n) is 3.99. The third-order valence-corrected chi connectivity index (χ3v) is 5.13. The molecule has 5 heteroatoms. The van der Waals surface area contributed by atoms with Crippen LogP contribution in [0.2, 0.25) is 0 Å². The van der Waals surface area contributed by atoms with Crippen LogP contribution in [0.15, 0.2) is 11.6 Å². The lowest BCUT2D eigenvalue weighted by molar-refractivity contribution is -0.174. The second-order valence-corrected chi connectivity index (χ2v) is 6.11. The van der Waals surface area contributed by atoms with Crippen molar-refractivity contribution in [2.75, 3.05) is 6.61 Å². The molecule has 2 fully saturated rings. The number of ketones is 1. The van der Waals surface area contributed by atoms with Gasteiger partial charge in [-0.1, -0.05) is 6.08 Å². The van der Waals surface area contributed by atoms with Crippen molar-refractivity contribution in [2.45, 2.75) is 44.3 Å². The maximum absolute atomic E-state index is 11.7. The molecular weight excluding hydrogens is 248 g/mol. The maximum atomic E-state index is 11.7. The number of carboxylic acid groups (broad SMARTS) is 1. The molecule has 1 heterocycles. The summed E-state index contributed by atoms with van der Waals surface area (Å²) >= 11 is 0. The van der Waals surface area contributed by atoms with Gasteiger partial charge >= 0.3 is 5.97 Å². The van der Waals surface area contributed by atoms with E-state index in [-0.39, 0.29) is 23.5 Å². The molecule has 1 aliphatic heterocycles. The first kappa shape index (κ1) is 12.8. The van der Waals surface area contributed by atoms with Crippen LogP contribution in [0.3, 0.4) is 0 Å². The van der Waals surface area contributed by atoms with Crippen LogP contribution < -0.4 is 0 Å². The maximum Gasteiger partial charge on any atom is 0.338 e. The Kier molecular flexibility index (Phi) is 2.63. The predicted octanol–water partition coefficient (Wildman–Crippen LogP) is 0.906. The van der Waals surface area contributed by atoms with Crippen molar-refractivity contribution in [3.63, 3.8) is 0 Å². The van der Waals surface area contributed by atoms with E-state index in [1.165, 1.54) is 0 Å². The first-order chi connectivity index (χ1) is 8.89. The Morgan fingerprint density at radius 3 is 2.84 bits per heavy atom. The van der Waals surface area contributed by atoms with Gasteiger partial charge in [-0.25, -0.2) is 4.79 Å². The van der Waals surface area contributed by atoms with Crippen molar-refractivity contribution in [1.82, 2.24) is 0 Å². The average Bonchev–Trinajstić information content (AvgIpc) is 2.89. The monoisotopic (exact) mass is 266 g/mol. The van der Waals surface area contributed by atoms with Crippen molar-refractivity contribution in [3.8, 4) is 0 Å². The van der Waals surface area contributed by atoms with Crippen molar-refractivity contribution in [1.29, 1.82) is 0 Å². The summed E-state index contributed by atoms with van der Waals surface area (Å²) in [6, 6.07) is 0. The van der Waals surface area contributed by atoms with E-state index in [0.717, 1.165) is 12.0 Å². The molecule has 1 saturated carbocycles. The zero-order chi connectivity index (χ0) is 13.8. The minimum Gasteiger partial charge on any atom is -0.479 e. The number of hydrogen-bond donors (Lipinski definition) is 2. The molecule has 0 aromatic rings. The largest absolute Gasteiger partial charge is 0.479 e. The Hall–Kier alpha value is -1.20. The number of carboxylic acids is 1. The number of carbonyl (C=O) groups is 2. The molecule has 0 amide bonds. The van der Waals surface area contributed by atoms with E-state index in [2.05, 4.69) is 0 Å². The molecule has 3 aliphatic rings. The third-order valence-electron chi connectivity index (χ3n) is 5.13. The standard InChI is InChI=1S/C14H18O5/c1-8(15)9-2-4-13-6-11(19-7-13)14(18,12(16)17)5-3-10(9)13/h2,10-11,18H,3-7H2,1H3,(H,16,17)/t10-,11+,13+,14+/m0/s1. The lowest BCUT2D eigenvalue weighted by Gasteiger charge is -2.31. The number of carbonyl (C=O) groups excluding carboxylic acids is 1. The Morgan fingerprint density at radius 1 is 1.47 bits per heavy atom. The molecule has 4 atom stereocenters. The second-order valence-electron chi connectivity index (χ2n) is 6.11. The third kappa shape index (κ3) is 1.61. The van der Waals surface area contributed by atoms with E-state index < -0.39 is 17.7 Å². The number of allylic oxidation sites excluding steroid dienone is 2. The molecular formula is C14H18O5. The summed E-state index contributed by atoms with van der Waals surface area (Å²) in [6.07, 6.45) is 3.27. The summed E-state index contributed by atoms with van der Waals surface area (Å²) in [5.74, 6) is -1.14. The summed E-state index contributed by atoms with van der Waals surface area (Å²) in [6.45, 7) is 1.98. The number of aliphatic carboxylic acids is 1. The second kappa shape index (κ2) is 3.90. The van der Waals surface area contributed by atoms with Gasteiger partial charge in [0, 0.05) is 5.41 Å². The van der Waals surface area contributed by atoms with Gasteiger partial charge in [-0.05, 0) is 44.1 Å². The van der Waals surface area contributed by atoms with Gasteiger partial charge in [-0.2, -0.15) is 0 Å². The van der Waals surface area contributed by atoms with Crippen LogP contribution in [0.4, 0.5) is 0 Å². The van der Waals surface area contributed by atoms with Gasteiger partial charge in [-0.15, -0.1) is 0 Å². The van der Waals surface area contributed by atoms with Gasteiger partial charge in [0.15, 0.2) is 11.4 Å². The molecule has 2 N–H and O–H groups in total. The fraction of sp³-hybridized carbons (Fsp3) is 0.714. The molecule has 0 aromatic carbocycles. The topological polar surface area (TPSA) is 83.8 Å². The van der Waals surface area contributed by atoms with Gasteiger partial charge < -0.3 is 14.9 Å². The highest BCUT2D eigenvalue weighted by molar-refractivity contribution is 5.94. The molecule has 0 unspecified atom stereocenters. The van der Waals surface area contributed by atoms with E-state index in [1.54, 1.807) is 6.92 Å². The van der Waals surface area contributed by atoms with E-state index in [9.17, 15) is 19.8 Å². The smallest absolute Gasteiger partial charge is 0.338 e. The Bertz CT molecular complexity index is 482. The van der Waals surface area contributed by atoms with Gasteiger partial charge in [0.25, 0.3) is 0 Å². The number of fused-ring (bicyclic) bond motifs is 1. The van der Waals surface area contributed by atoms with Crippen molar-refractivity contribution < 1.29 is 24.5 Å². The van der Waals surface area contributed by atoms with Gasteiger partial charge in [-0.3, -0.25) is 4.79 Å². The van der Waals surface area contributed by atoms with Crippen LogP contribution in [-0.4, -0.2) is 40.3 Å². The Labute approximate surface area is 111 Å². The molecule has 5 nitrogen and oxygen atoms in total. The number of rotatable bonds is 2. The van der Waals surface area contributed by atoms with Gasteiger partial charge in [0.1, 0.15) is 0 Å². The van der Waals surface area contributed by atoms with E-state index in [4.69, 9.17) is 4.74 Å². The summed E-state index contributed by atoms with van der Waals surface area (Å²) in [5.41, 5.74) is -1.19. The van der Waals surface area contributed by atoms with E-state index in [0.29, 0.717) is 19.4 Å². The first-order valence-electron chi connectivity index (χ1n) is 6.67. The average molecular weight is 266 g/mol. The zero-order valence-electron chi connectivity index (χ0n) is 10.9. The number of hydrogen-bond acceptors (Lipinski definition) is 4. The highest BCUT2D eigenvalue weighted by Crippen LogP contribution is 2.57. The summed E-state index contributed by atoms with van der Waals surface area (Å²) in [5, 5.41) is 19.6. The number of Topliss-reactive ketones (excluding diaryl/α,β-unsaturated/α-hetero) is 1. The molecule has 0 aromatic heterocycles. The molecule has 3 rings (SSSR count). The summed E-state index contributed by atoms with van der Waals surface area (Å²) in [7, 11) is 0. The van der Waals surface area contributed by atoms with Crippen molar-refractivity contribution in [2.24, 2.45) is 11.3 Å². The van der Waals surface area contributed by atoms with Gasteiger partial charge in [0.05, 0.1) is 12.7 Å². The molecule has 104 valence electrons. The summed E-state index contributed by atoms with van der Waals surface area (Å²) in [4.78, 5) is 23.0. The van der Waals surface area contributed by atoms with E-state index in [1.807, 2.05) is 6.08 Å². The zero-order valence-corrected chi connectivity index (χ0v) is 10.9. The molecule has 1 saturated heterocycles. The van der Waals surface area contributed by atoms with Crippen LogP contribution >= 0.6 is 0 Å². The SMILES string of the molecule is CC(=O)C1=CC[C@]23CO[C@H](C2)[C@@](O)(C(=O)O)CC[C@@H]13. The normalized spacial score (nSPS) is 44.4. The fourth-order valence-corrected chi connectivity index (χ4v) is 3.99. The number of ether oxygens (including phenoxy) is 1. The van der Waals surface area contributed by atoms with Crippen molar-refractivity contribution in [3.05, 3.63) is 11.6 Å². The molecule has 19 heavy (non-hydrogen) atoms. The highest BCUT2D eigenvalue weighted by Gasteiger charge is 2.60. The Balaban J connectivity index is 1.97. The van der Waals surface area contributed by atoms with Crippen LogP contribution in [-0.2, 0) is 14.3 Å². The van der Waals surface area contributed by atoms with Crippen LogP contribution in [0.5, 0.6) is 0 Å². The quantitative estimate of drug-likeness (QED) is 0.776. The Morgan fingerprint density at radius 2 is 2.21 bits per heavy atom. The summed E-state index contributed by atoms with van der Waals surface area (Å²) < 4.78 is 5.59. The molecule has 2 aliphatic carbocycles. The first-order valence-corrected chi connectivity index (χ1v) is 6.67. The highest BCUT2D eigenvalue weighted by atomic mass is 16.5. The lowest BCUT2D eigenvalue weighted by atomic mass is 9.73.